The van der Waals surface area contributed by atoms with Crippen molar-refractivity contribution in [1.29, 1.82) is 0 Å². The van der Waals surface area contributed by atoms with Gasteiger partial charge in [0, 0.05) is 31.1 Å². The van der Waals surface area contributed by atoms with Gasteiger partial charge in [-0.2, -0.15) is 5.10 Å². The number of benzene rings is 1. The summed E-state index contributed by atoms with van der Waals surface area (Å²) < 4.78 is 6.97. The van der Waals surface area contributed by atoms with Crippen LogP contribution in [-0.2, 0) is 20.9 Å². The van der Waals surface area contributed by atoms with Crippen LogP contribution in [0.25, 0.3) is 11.4 Å². The fourth-order valence-electron chi connectivity index (χ4n) is 2.87. The van der Waals surface area contributed by atoms with Crippen molar-refractivity contribution in [2.45, 2.75) is 46.2 Å². The predicted molar refractivity (Wildman–Crippen MR) is 106 cm³/mol. The Kier molecular flexibility index (Phi) is 7.29. The minimum atomic E-state index is -0.327. The maximum absolute atomic E-state index is 12.7. The standard InChI is InChI=1S/C19H26N4O3S/c1-13(2)22(11-9-17(25)26-4)16(24)8-10-23-18(20-21-19(23)27)15-7-5-6-14(3)12-15/h5-7,12-13H,8-11H2,1-4H3,(H,21,27). The molecule has 0 aliphatic heterocycles. The van der Waals surface area contributed by atoms with Crippen LogP contribution < -0.4 is 0 Å². The molecule has 0 spiro atoms. The highest BCUT2D eigenvalue weighted by Gasteiger charge is 2.19. The van der Waals surface area contributed by atoms with E-state index in [1.165, 1.54) is 7.11 Å². The molecule has 0 bridgehead atoms. The Labute approximate surface area is 164 Å². The van der Waals surface area contributed by atoms with Crippen molar-refractivity contribution in [3.8, 4) is 11.4 Å². The monoisotopic (exact) mass is 390 g/mol. The molecule has 2 rings (SSSR count). The number of ether oxygens (including phenoxy) is 1. The second kappa shape index (κ2) is 9.45. The second-order valence-corrected chi connectivity index (χ2v) is 7.02. The maximum atomic E-state index is 12.7. The van der Waals surface area contributed by atoms with E-state index >= 15 is 0 Å². The summed E-state index contributed by atoms with van der Waals surface area (Å²) in [5.41, 5.74) is 2.07. The molecule has 1 aromatic carbocycles. The number of H-pyrrole nitrogens is 1. The van der Waals surface area contributed by atoms with Crippen molar-refractivity contribution in [1.82, 2.24) is 19.7 Å². The lowest BCUT2D eigenvalue weighted by atomic mass is 10.1. The lowest BCUT2D eigenvalue weighted by Crippen LogP contribution is -2.39. The molecule has 27 heavy (non-hydrogen) atoms. The number of carbonyl (C=O) groups excluding carboxylic acids is 2. The number of hydrogen-bond acceptors (Lipinski definition) is 5. The number of aromatic amines is 1. The Morgan fingerprint density at radius 1 is 1.33 bits per heavy atom. The lowest BCUT2D eigenvalue weighted by Gasteiger charge is -2.26. The van der Waals surface area contributed by atoms with Crippen LogP contribution in [0.15, 0.2) is 24.3 Å². The molecule has 2 aromatic rings. The molecular weight excluding hydrogens is 364 g/mol. The summed E-state index contributed by atoms with van der Waals surface area (Å²) in [6.07, 6.45) is 0.451. The normalized spacial score (nSPS) is 10.9. The first-order valence-electron chi connectivity index (χ1n) is 8.92. The van der Waals surface area contributed by atoms with E-state index in [1.807, 2.05) is 49.6 Å². The fourth-order valence-corrected chi connectivity index (χ4v) is 3.09. The highest BCUT2D eigenvalue weighted by molar-refractivity contribution is 7.71. The van der Waals surface area contributed by atoms with Crippen LogP contribution in [0.5, 0.6) is 0 Å². The van der Waals surface area contributed by atoms with Crippen LogP contribution in [0.4, 0.5) is 0 Å². The van der Waals surface area contributed by atoms with Crippen LogP contribution in [-0.4, -0.2) is 51.2 Å². The van der Waals surface area contributed by atoms with E-state index < -0.39 is 0 Å². The maximum Gasteiger partial charge on any atom is 0.307 e. The van der Waals surface area contributed by atoms with Gasteiger partial charge in [-0.25, -0.2) is 0 Å². The number of nitrogens with zero attached hydrogens (tertiary/aromatic N) is 3. The van der Waals surface area contributed by atoms with E-state index in [2.05, 4.69) is 14.9 Å². The van der Waals surface area contributed by atoms with Crippen molar-refractivity contribution in [3.63, 3.8) is 0 Å². The van der Waals surface area contributed by atoms with Gasteiger partial charge >= 0.3 is 5.97 Å². The van der Waals surface area contributed by atoms with Crippen LogP contribution >= 0.6 is 12.2 Å². The van der Waals surface area contributed by atoms with E-state index in [4.69, 9.17) is 12.2 Å². The molecule has 0 saturated carbocycles. The number of methoxy groups -OCH3 is 1. The minimum absolute atomic E-state index is 0.00396. The average Bonchev–Trinajstić information content (AvgIpc) is 3.00. The van der Waals surface area contributed by atoms with E-state index in [9.17, 15) is 9.59 Å². The molecule has 0 saturated heterocycles. The molecule has 146 valence electrons. The van der Waals surface area contributed by atoms with Gasteiger partial charge in [-0.05, 0) is 39.1 Å². The number of aromatic nitrogens is 3. The Bertz CT molecular complexity index is 857. The number of rotatable bonds is 8. The van der Waals surface area contributed by atoms with Gasteiger partial charge in [0.2, 0.25) is 5.91 Å². The van der Waals surface area contributed by atoms with Gasteiger partial charge in [-0.1, -0.05) is 23.8 Å². The number of carbonyl (C=O) groups is 2. The van der Waals surface area contributed by atoms with Gasteiger partial charge in [0.25, 0.3) is 0 Å². The molecular formula is C19H26N4O3S. The van der Waals surface area contributed by atoms with E-state index in [0.717, 1.165) is 11.1 Å². The predicted octanol–water partition coefficient (Wildman–Crippen LogP) is 3.11. The average molecular weight is 391 g/mol. The van der Waals surface area contributed by atoms with Gasteiger partial charge in [-0.3, -0.25) is 19.3 Å². The smallest absolute Gasteiger partial charge is 0.307 e. The highest BCUT2D eigenvalue weighted by atomic mass is 32.1. The third-order valence-corrected chi connectivity index (χ3v) is 4.62. The molecule has 0 unspecified atom stereocenters. The second-order valence-electron chi connectivity index (χ2n) is 6.63. The molecule has 0 atom stereocenters. The first-order valence-corrected chi connectivity index (χ1v) is 9.32. The highest BCUT2D eigenvalue weighted by Crippen LogP contribution is 2.19. The van der Waals surface area contributed by atoms with Crippen LogP contribution in [0.1, 0.15) is 32.3 Å². The number of nitrogens with one attached hydrogen (secondary N) is 1. The summed E-state index contributed by atoms with van der Waals surface area (Å²) in [5, 5.41) is 7.12. The topological polar surface area (TPSA) is 80.2 Å². The molecule has 1 aromatic heterocycles. The van der Waals surface area contributed by atoms with Crippen molar-refractivity contribution in [2.75, 3.05) is 13.7 Å². The lowest BCUT2D eigenvalue weighted by molar-refractivity contribution is -0.142. The van der Waals surface area contributed by atoms with Crippen molar-refractivity contribution in [3.05, 3.63) is 34.6 Å². The van der Waals surface area contributed by atoms with Crippen molar-refractivity contribution >= 4 is 24.1 Å². The largest absolute Gasteiger partial charge is 0.469 e. The summed E-state index contributed by atoms with van der Waals surface area (Å²) in [6.45, 7) is 6.62. The first kappa shape index (κ1) is 20.8. The summed E-state index contributed by atoms with van der Waals surface area (Å²) in [4.78, 5) is 25.8. The van der Waals surface area contributed by atoms with E-state index in [1.54, 1.807) is 4.90 Å². The van der Waals surface area contributed by atoms with Crippen LogP contribution in [0, 0.1) is 11.7 Å². The third kappa shape index (κ3) is 5.50. The summed E-state index contributed by atoms with van der Waals surface area (Å²) in [5.74, 6) is 0.349. The summed E-state index contributed by atoms with van der Waals surface area (Å²) in [7, 11) is 1.34. The molecule has 7 nitrogen and oxygen atoms in total. The van der Waals surface area contributed by atoms with Gasteiger partial charge in [0.15, 0.2) is 10.6 Å². The Morgan fingerprint density at radius 3 is 2.70 bits per heavy atom. The van der Waals surface area contributed by atoms with Crippen molar-refractivity contribution < 1.29 is 14.3 Å². The zero-order valence-electron chi connectivity index (χ0n) is 16.2. The van der Waals surface area contributed by atoms with Gasteiger partial charge in [0.05, 0.1) is 13.5 Å². The SMILES string of the molecule is COC(=O)CCN(C(=O)CCn1c(-c2cccc(C)c2)n[nH]c1=S)C(C)C. The summed E-state index contributed by atoms with van der Waals surface area (Å²) in [6, 6.07) is 7.97. The number of hydrogen-bond donors (Lipinski definition) is 1. The van der Waals surface area contributed by atoms with Gasteiger partial charge in [-0.15, -0.1) is 0 Å². The molecule has 0 aliphatic carbocycles. The molecule has 1 heterocycles. The minimum Gasteiger partial charge on any atom is -0.469 e. The van der Waals surface area contributed by atoms with E-state index in [-0.39, 0.29) is 30.8 Å². The molecule has 8 heteroatoms. The first-order chi connectivity index (χ1) is 12.8. The van der Waals surface area contributed by atoms with Crippen LogP contribution in [0.2, 0.25) is 0 Å². The number of amides is 1. The molecule has 0 fully saturated rings. The molecule has 0 aliphatic rings. The fraction of sp³-hybridized carbons (Fsp3) is 0.474. The molecule has 1 N–H and O–H groups in total. The van der Waals surface area contributed by atoms with Gasteiger partial charge in [0.1, 0.15) is 0 Å². The number of aryl methyl sites for hydroxylation is 1. The zero-order chi connectivity index (χ0) is 20.0. The Balaban J connectivity index is 2.11. The molecule has 0 radical (unpaired) electrons. The Morgan fingerprint density at radius 2 is 2.07 bits per heavy atom. The zero-order valence-corrected chi connectivity index (χ0v) is 17.0. The van der Waals surface area contributed by atoms with Crippen molar-refractivity contribution in [2.24, 2.45) is 0 Å². The Hall–Kier alpha value is -2.48. The van der Waals surface area contributed by atoms with E-state index in [0.29, 0.717) is 23.7 Å². The molecule has 1 amide bonds. The quantitative estimate of drug-likeness (QED) is 0.553. The van der Waals surface area contributed by atoms with Gasteiger partial charge < -0.3 is 9.64 Å². The summed E-state index contributed by atoms with van der Waals surface area (Å²) >= 11 is 5.33. The van der Waals surface area contributed by atoms with Crippen LogP contribution in [0.3, 0.4) is 0 Å². The number of esters is 1. The third-order valence-electron chi connectivity index (χ3n) is 4.31.